The summed E-state index contributed by atoms with van der Waals surface area (Å²) in [6.07, 6.45) is 12.5. The average Bonchev–Trinajstić information content (AvgIpc) is 3.12. The van der Waals surface area contributed by atoms with Gasteiger partial charge in [0.05, 0.1) is 6.54 Å². The smallest absolute Gasteiger partial charge is 0.146 e. The molecular weight excluding hydrogens is 210 g/mol. The molecular formula is C15H29NO. The molecule has 0 spiro atoms. The molecule has 1 rings (SSSR count). The highest BCUT2D eigenvalue weighted by Gasteiger charge is 2.20. The average molecular weight is 239 g/mol. The molecule has 0 aromatic rings. The molecule has 100 valence electrons. The third kappa shape index (κ3) is 9.34. The number of rotatable bonds is 12. The van der Waals surface area contributed by atoms with Crippen molar-refractivity contribution in [3.63, 3.8) is 0 Å². The molecule has 0 radical (unpaired) electrons. The van der Waals surface area contributed by atoms with Crippen LogP contribution in [-0.2, 0) is 4.79 Å². The molecule has 0 aromatic carbocycles. The molecule has 0 unspecified atom stereocenters. The molecule has 1 N–H and O–H groups in total. The monoisotopic (exact) mass is 239 g/mol. The van der Waals surface area contributed by atoms with E-state index < -0.39 is 0 Å². The summed E-state index contributed by atoms with van der Waals surface area (Å²) in [6.45, 7) is 3.91. The maximum absolute atomic E-state index is 11.5. The Morgan fingerprint density at radius 2 is 1.71 bits per heavy atom. The fraction of sp³-hybridized carbons (Fsp3) is 0.933. The zero-order valence-electron chi connectivity index (χ0n) is 11.5. The predicted molar refractivity (Wildman–Crippen MR) is 73.2 cm³/mol. The quantitative estimate of drug-likeness (QED) is 0.526. The number of carbonyl (C=O) groups is 1. The maximum Gasteiger partial charge on any atom is 0.146 e. The largest absolute Gasteiger partial charge is 0.310 e. The summed E-state index contributed by atoms with van der Waals surface area (Å²) in [7, 11) is 0. The first-order valence-electron chi connectivity index (χ1n) is 7.55. The van der Waals surface area contributed by atoms with Crippen molar-refractivity contribution in [2.75, 3.05) is 13.1 Å². The van der Waals surface area contributed by atoms with Crippen LogP contribution >= 0.6 is 0 Å². The molecule has 0 heterocycles. The Kier molecular flexibility index (Phi) is 8.33. The Bertz CT molecular complexity index is 199. The van der Waals surface area contributed by atoms with Crippen LogP contribution in [0.3, 0.4) is 0 Å². The number of nitrogens with one attached hydrogen (secondary N) is 1. The van der Waals surface area contributed by atoms with Gasteiger partial charge in [-0.1, -0.05) is 45.4 Å². The summed E-state index contributed by atoms with van der Waals surface area (Å²) in [4.78, 5) is 11.5. The highest BCUT2D eigenvalue weighted by Crippen LogP contribution is 2.27. The third-order valence-electron chi connectivity index (χ3n) is 3.51. The Morgan fingerprint density at radius 1 is 1.06 bits per heavy atom. The van der Waals surface area contributed by atoms with E-state index >= 15 is 0 Å². The summed E-state index contributed by atoms with van der Waals surface area (Å²) < 4.78 is 0. The van der Waals surface area contributed by atoms with E-state index in [1.807, 2.05) is 0 Å². The van der Waals surface area contributed by atoms with Gasteiger partial charge in [0.15, 0.2) is 0 Å². The van der Waals surface area contributed by atoms with Crippen molar-refractivity contribution in [1.29, 1.82) is 0 Å². The van der Waals surface area contributed by atoms with Gasteiger partial charge in [-0.05, 0) is 31.7 Å². The highest BCUT2D eigenvalue weighted by molar-refractivity contribution is 5.80. The molecule has 17 heavy (non-hydrogen) atoms. The molecule has 0 aliphatic heterocycles. The lowest BCUT2D eigenvalue weighted by molar-refractivity contribution is -0.118. The van der Waals surface area contributed by atoms with Gasteiger partial charge in [-0.15, -0.1) is 0 Å². The van der Waals surface area contributed by atoms with E-state index in [0.717, 1.165) is 25.3 Å². The van der Waals surface area contributed by atoms with Gasteiger partial charge in [0.2, 0.25) is 0 Å². The fourth-order valence-corrected chi connectivity index (χ4v) is 2.11. The lowest BCUT2D eigenvalue weighted by Crippen LogP contribution is -2.24. The molecule has 0 amide bonds. The van der Waals surface area contributed by atoms with E-state index in [-0.39, 0.29) is 0 Å². The molecule has 0 bridgehead atoms. The minimum Gasteiger partial charge on any atom is -0.310 e. The molecule has 1 aliphatic carbocycles. The molecule has 0 saturated heterocycles. The normalized spacial score (nSPS) is 15.1. The van der Waals surface area contributed by atoms with Crippen molar-refractivity contribution in [3.05, 3.63) is 0 Å². The second-order valence-corrected chi connectivity index (χ2v) is 5.48. The summed E-state index contributed by atoms with van der Waals surface area (Å²) in [5.41, 5.74) is 0. The van der Waals surface area contributed by atoms with Crippen LogP contribution in [0.15, 0.2) is 0 Å². The lowest BCUT2D eigenvalue weighted by atomic mass is 10.1. The molecule has 2 heteroatoms. The number of Topliss-reactive ketones (excluding diaryl/α,β-unsaturated/α-hetero) is 1. The number of carbonyl (C=O) groups excluding carboxylic acids is 1. The van der Waals surface area contributed by atoms with Crippen molar-refractivity contribution in [2.24, 2.45) is 5.92 Å². The van der Waals surface area contributed by atoms with Crippen molar-refractivity contribution in [3.8, 4) is 0 Å². The van der Waals surface area contributed by atoms with E-state index in [9.17, 15) is 4.79 Å². The molecule has 2 nitrogen and oxygen atoms in total. The number of unbranched alkanes of at least 4 members (excludes halogenated alkanes) is 6. The van der Waals surface area contributed by atoms with Gasteiger partial charge in [-0.25, -0.2) is 0 Å². The van der Waals surface area contributed by atoms with Gasteiger partial charge >= 0.3 is 0 Å². The van der Waals surface area contributed by atoms with Gasteiger partial charge < -0.3 is 5.32 Å². The van der Waals surface area contributed by atoms with Gasteiger partial charge in [0.25, 0.3) is 0 Å². The topological polar surface area (TPSA) is 29.1 Å². The minimum absolute atomic E-state index is 0.402. The Morgan fingerprint density at radius 3 is 2.35 bits per heavy atom. The molecule has 1 aliphatic rings. The zero-order chi connectivity index (χ0) is 12.3. The maximum atomic E-state index is 11.5. The highest BCUT2D eigenvalue weighted by atomic mass is 16.1. The second kappa shape index (κ2) is 9.64. The Hall–Kier alpha value is -0.370. The summed E-state index contributed by atoms with van der Waals surface area (Å²) in [6, 6.07) is 0. The standard InChI is InChI=1S/C15H29NO/c1-2-3-4-5-6-7-8-9-15(17)13-16-12-14-10-11-14/h14,16H,2-13H2,1H3. The van der Waals surface area contributed by atoms with Crippen LogP contribution in [0.1, 0.15) is 71.1 Å². The Balaban J connectivity index is 1.76. The second-order valence-electron chi connectivity index (χ2n) is 5.48. The lowest BCUT2D eigenvalue weighted by Gasteiger charge is -2.03. The van der Waals surface area contributed by atoms with Crippen LogP contribution in [0.2, 0.25) is 0 Å². The van der Waals surface area contributed by atoms with E-state index in [0.29, 0.717) is 12.3 Å². The first kappa shape index (κ1) is 14.7. The third-order valence-corrected chi connectivity index (χ3v) is 3.51. The summed E-state index contributed by atoms with van der Waals surface area (Å²) in [5.74, 6) is 1.28. The van der Waals surface area contributed by atoms with Gasteiger partial charge in [-0.2, -0.15) is 0 Å². The van der Waals surface area contributed by atoms with Gasteiger partial charge in [-0.3, -0.25) is 4.79 Å². The first-order valence-corrected chi connectivity index (χ1v) is 7.55. The molecule has 1 fully saturated rings. The van der Waals surface area contributed by atoms with Crippen molar-refractivity contribution in [1.82, 2.24) is 5.32 Å². The van der Waals surface area contributed by atoms with Crippen molar-refractivity contribution < 1.29 is 4.79 Å². The van der Waals surface area contributed by atoms with Crippen LogP contribution in [0.5, 0.6) is 0 Å². The zero-order valence-corrected chi connectivity index (χ0v) is 11.5. The number of hydrogen-bond donors (Lipinski definition) is 1. The summed E-state index contributed by atoms with van der Waals surface area (Å²) >= 11 is 0. The predicted octanol–water partition coefficient (Wildman–Crippen LogP) is 3.70. The minimum atomic E-state index is 0.402. The van der Waals surface area contributed by atoms with Crippen LogP contribution in [0.25, 0.3) is 0 Å². The van der Waals surface area contributed by atoms with E-state index in [2.05, 4.69) is 12.2 Å². The van der Waals surface area contributed by atoms with E-state index in [1.165, 1.54) is 51.4 Å². The van der Waals surface area contributed by atoms with Gasteiger partial charge in [0.1, 0.15) is 5.78 Å². The fourth-order valence-electron chi connectivity index (χ4n) is 2.11. The molecule has 0 atom stereocenters. The molecule has 0 aromatic heterocycles. The number of hydrogen-bond acceptors (Lipinski definition) is 2. The summed E-state index contributed by atoms with van der Waals surface area (Å²) in [5, 5.41) is 3.27. The van der Waals surface area contributed by atoms with Crippen LogP contribution in [-0.4, -0.2) is 18.9 Å². The Labute approximate surface area is 107 Å². The number of ketones is 1. The van der Waals surface area contributed by atoms with E-state index in [4.69, 9.17) is 0 Å². The first-order chi connectivity index (χ1) is 8.33. The van der Waals surface area contributed by atoms with E-state index in [1.54, 1.807) is 0 Å². The van der Waals surface area contributed by atoms with Crippen molar-refractivity contribution in [2.45, 2.75) is 71.1 Å². The van der Waals surface area contributed by atoms with Crippen LogP contribution in [0, 0.1) is 5.92 Å². The van der Waals surface area contributed by atoms with Crippen molar-refractivity contribution >= 4 is 5.78 Å². The van der Waals surface area contributed by atoms with Crippen LogP contribution in [0.4, 0.5) is 0 Å². The molecule has 1 saturated carbocycles. The van der Waals surface area contributed by atoms with Crippen LogP contribution < -0.4 is 5.32 Å². The SMILES string of the molecule is CCCCCCCCCC(=O)CNCC1CC1. The van der Waals surface area contributed by atoms with Gasteiger partial charge in [0, 0.05) is 6.42 Å².